The van der Waals surface area contributed by atoms with Crippen LogP contribution in [0.5, 0.6) is 5.88 Å². The van der Waals surface area contributed by atoms with Crippen LogP contribution in [0, 0.1) is 6.92 Å². The Morgan fingerprint density at radius 2 is 2.33 bits per heavy atom. The highest BCUT2D eigenvalue weighted by atomic mass is 16.5. The summed E-state index contributed by atoms with van der Waals surface area (Å²) >= 11 is 0. The summed E-state index contributed by atoms with van der Waals surface area (Å²) in [6, 6.07) is 3.49. The predicted molar refractivity (Wildman–Crippen MR) is 77.1 cm³/mol. The van der Waals surface area contributed by atoms with Gasteiger partial charge in [-0.2, -0.15) is 0 Å². The Labute approximate surface area is 123 Å². The zero-order valence-corrected chi connectivity index (χ0v) is 12.2. The summed E-state index contributed by atoms with van der Waals surface area (Å²) < 4.78 is 5.19. The van der Waals surface area contributed by atoms with Crippen molar-refractivity contribution >= 4 is 5.91 Å². The molecule has 0 saturated carbocycles. The lowest BCUT2D eigenvalue weighted by Crippen LogP contribution is -2.31. The number of aromatic nitrogens is 3. The lowest BCUT2D eigenvalue weighted by molar-refractivity contribution is 0.0726. The van der Waals surface area contributed by atoms with E-state index in [1.807, 2.05) is 11.8 Å². The van der Waals surface area contributed by atoms with Gasteiger partial charge in [0.25, 0.3) is 5.91 Å². The summed E-state index contributed by atoms with van der Waals surface area (Å²) in [4.78, 5) is 26.3. The van der Waals surface area contributed by atoms with E-state index in [0.717, 1.165) is 30.9 Å². The molecule has 1 amide bonds. The highest BCUT2D eigenvalue weighted by molar-refractivity contribution is 5.96. The molecule has 3 heterocycles. The highest BCUT2D eigenvalue weighted by Crippen LogP contribution is 2.32. The van der Waals surface area contributed by atoms with E-state index in [1.165, 1.54) is 7.11 Å². The number of likely N-dealkylation sites (tertiary alicyclic amines) is 1. The normalized spacial score (nSPS) is 18.0. The number of imidazole rings is 1. The molecule has 0 radical (unpaired) electrons. The van der Waals surface area contributed by atoms with Crippen LogP contribution in [0.25, 0.3) is 0 Å². The van der Waals surface area contributed by atoms with Crippen LogP contribution in [0.4, 0.5) is 0 Å². The number of carbonyl (C=O) groups excluding carboxylic acids is 1. The Hall–Kier alpha value is -2.37. The second-order valence-corrected chi connectivity index (χ2v) is 5.17. The molecule has 1 fully saturated rings. The lowest BCUT2D eigenvalue weighted by atomic mass is 10.2. The number of carbonyl (C=O) groups is 1. The second kappa shape index (κ2) is 5.55. The van der Waals surface area contributed by atoms with Gasteiger partial charge < -0.3 is 14.6 Å². The smallest absolute Gasteiger partial charge is 0.259 e. The zero-order chi connectivity index (χ0) is 14.8. The van der Waals surface area contributed by atoms with Gasteiger partial charge in [-0.3, -0.25) is 4.79 Å². The van der Waals surface area contributed by atoms with Crippen molar-refractivity contribution in [2.75, 3.05) is 13.7 Å². The van der Waals surface area contributed by atoms with E-state index in [1.54, 1.807) is 24.5 Å². The van der Waals surface area contributed by atoms with Crippen LogP contribution >= 0.6 is 0 Å². The molecule has 110 valence electrons. The number of ether oxygens (including phenoxy) is 1. The molecule has 0 spiro atoms. The molecule has 0 unspecified atom stereocenters. The topological polar surface area (TPSA) is 71.1 Å². The monoisotopic (exact) mass is 286 g/mol. The lowest BCUT2D eigenvalue weighted by Gasteiger charge is -2.23. The van der Waals surface area contributed by atoms with Gasteiger partial charge in [-0.25, -0.2) is 9.97 Å². The first-order valence-electron chi connectivity index (χ1n) is 7.02. The molecule has 3 rings (SSSR count). The minimum absolute atomic E-state index is 0.00360. The minimum atomic E-state index is -0.0588. The molecule has 1 aliphatic rings. The molecule has 0 bridgehead atoms. The van der Waals surface area contributed by atoms with Crippen molar-refractivity contribution in [2.24, 2.45) is 0 Å². The third kappa shape index (κ3) is 2.49. The van der Waals surface area contributed by atoms with E-state index in [9.17, 15) is 4.79 Å². The minimum Gasteiger partial charge on any atom is -0.480 e. The maximum absolute atomic E-state index is 12.8. The van der Waals surface area contributed by atoms with Crippen LogP contribution in [-0.4, -0.2) is 39.4 Å². The number of aromatic amines is 1. The molecule has 6 heteroatoms. The predicted octanol–water partition coefficient (Wildman–Crippen LogP) is 2.10. The van der Waals surface area contributed by atoms with Crippen LogP contribution in [0.2, 0.25) is 0 Å². The molecule has 21 heavy (non-hydrogen) atoms. The summed E-state index contributed by atoms with van der Waals surface area (Å²) in [7, 11) is 1.52. The first-order chi connectivity index (χ1) is 10.2. The average Bonchev–Trinajstić information content (AvgIpc) is 3.14. The number of methoxy groups -OCH3 is 1. The summed E-state index contributed by atoms with van der Waals surface area (Å²) in [6.07, 6.45) is 5.30. The quantitative estimate of drug-likeness (QED) is 0.938. The van der Waals surface area contributed by atoms with Crippen molar-refractivity contribution in [3.63, 3.8) is 0 Å². The van der Waals surface area contributed by atoms with Crippen LogP contribution in [0.15, 0.2) is 24.5 Å². The second-order valence-electron chi connectivity index (χ2n) is 5.17. The van der Waals surface area contributed by atoms with Crippen molar-refractivity contribution in [3.8, 4) is 5.88 Å². The number of aryl methyl sites for hydroxylation is 1. The van der Waals surface area contributed by atoms with Gasteiger partial charge in [0.15, 0.2) is 0 Å². The van der Waals surface area contributed by atoms with Crippen molar-refractivity contribution in [3.05, 3.63) is 41.6 Å². The molecule has 6 nitrogen and oxygen atoms in total. The van der Waals surface area contributed by atoms with Crippen LogP contribution in [0.3, 0.4) is 0 Å². The SMILES string of the molecule is COc1ncccc1C(=O)N1CCC[C@@H]1c1ncc(C)[nH]1. The van der Waals surface area contributed by atoms with Gasteiger partial charge in [0.05, 0.1) is 13.2 Å². The summed E-state index contributed by atoms with van der Waals surface area (Å²) in [5.74, 6) is 1.15. The van der Waals surface area contributed by atoms with Gasteiger partial charge in [0, 0.05) is 24.6 Å². The van der Waals surface area contributed by atoms with Crippen molar-refractivity contribution < 1.29 is 9.53 Å². The number of pyridine rings is 1. The fourth-order valence-corrected chi connectivity index (χ4v) is 2.77. The zero-order valence-electron chi connectivity index (χ0n) is 12.2. The maximum atomic E-state index is 12.8. The molecule has 1 saturated heterocycles. The first-order valence-corrected chi connectivity index (χ1v) is 7.02. The summed E-state index contributed by atoms with van der Waals surface area (Å²) in [5.41, 5.74) is 1.50. The van der Waals surface area contributed by atoms with E-state index in [2.05, 4.69) is 15.0 Å². The Kier molecular flexibility index (Phi) is 3.60. The molecule has 1 aliphatic heterocycles. The maximum Gasteiger partial charge on any atom is 0.259 e. The Bertz CT molecular complexity index is 653. The Morgan fingerprint density at radius 3 is 3.05 bits per heavy atom. The van der Waals surface area contributed by atoms with E-state index in [4.69, 9.17) is 4.74 Å². The standard InChI is InChI=1S/C15H18N4O2/c1-10-9-17-13(18-10)12-6-4-8-19(12)15(20)11-5-3-7-16-14(11)21-2/h3,5,7,9,12H,4,6,8H2,1-2H3,(H,17,18)/t12-/m1/s1. The third-order valence-corrected chi connectivity index (χ3v) is 3.75. The molecule has 2 aromatic heterocycles. The molecule has 2 aromatic rings. The number of nitrogens with one attached hydrogen (secondary N) is 1. The van der Waals surface area contributed by atoms with Crippen molar-refractivity contribution in [1.29, 1.82) is 0 Å². The Balaban J connectivity index is 1.89. The van der Waals surface area contributed by atoms with Gasteiger partial charge in [0.2, 0.25) is 5.88 Å². The van der Waals surface area contributed by atoms with Gasteiger partial charge in [0.1, 0.15) is 11.4 Å². The fourth-order valence-electron chi connectivity index (χ4n) is 2.77. The van der Waals surface area contributed by atoms with Crippen LogP contribution in [0.1, 0.15) is 40.8 Å². The van der Waals surface area contributed by atoms with E-state index in [-0.39, 0.29) is 11.9 Å². The first kappa shape index (κ1) is 13.6. The molecular formula is C15H18N4O2. The van der Waals surface area contributed by atoms with Gasteiger partial charge in [-0.1, -0.05) is 0 Å². The third-order valence-electron chi connectivity index (χ3n) is 3.75. The number of rotatable bonds is 3. The number of hydrogen-bond donors (Lipinski definition) is 1. The van der Waals surface area contributed by atoms with Gasteiger partial charge in [-0.15, -0.1) is 0 Å². The highest BCUT2D eigenvalue weighted by Gasteiger charge is 2.33. The van der Waals surface area contributed by atoms with E-state index in [0.29, 0.717) is 11.4 Å². The number of H-pyrrole nitrogens is 1. The van der Waals surface area contributed by atoms with E-state index < -0.39 is 0 Å². The number of nitrogens with zero attached hydrogens (tertiary/aromatic N) is 3. The fraction of sp³-hybridized carbons (Fsp3) is 0.400. The van der Waals surface area contributed by atoms with Crippen LogP contribution in [-0.2, 0) is 0 Å². The molecule has 1 atom stereocenters. The van der Waals surface area contributed by atoms with Crippen molar-refractivity contribution in [1.82, 2.24) is 19.9 Å². The Morgan fingerprint density at radius 1 is 1.48 bits per heavy atom. The van der Waals surface area contributed by atoms with Gasteiger partial charge >= 0.3 is 0 Å². The van der Waals surface area contributed by atoms with Crippen LogP contribution < -0.4 is 4.74 Å². The average molecular weight is 286 g/mol. The van der Waals surface area contributed by atoms with E-state index >= 15 is 0 Å². The summed E-state index contributed by atoms with van der Waals surface area (Å²) in [5, 5.41) is 0. The molecule has 0 aromatic carbocycles. The molecule has 0 aliphatic carbocycles. The molecular weight excluding hydrogens is 268 g/mol. The van der Waals surface area contributed by atoms with Gasteiger partial charge in [-0.05, 0) is 31.9 Å². The number of amides is 1. The largest absolute Gasteiger partial charge is 0.480 e. The van der Waals surface area contributed by atoms with Crippen molar-refractivity contribution in [2.45, 2.75) is 25.8 Å². The summed E-state index contributed by atoms with van der Waals surface area (Å²) in [6.45, 7) is 2.68. The number of hydrogen-bond acceptors (Lipinski definition) is 4. The molecule has 1 N–H and O–H groups in total.